The molecule has 18 heavy (non-hydrogen) atoms. The molecule has 0 unspecified atom stereocenters. The minimum atomic E-state index is 0.225. The van der Waals surface area contributed by atoms with Crippen LogP contribution in [-0.4, -0.2) is 43.3 Å². The molecule has 0 radical (unpaired) electrons. The van der Waals surface area contributed by atoms with E-state index in [9.17, 15) is 0 Å². The second kappa shape index (κ2) is 6.76. The molecule has 0 saturated carbocycles. The van der Waals surface area contributed by atoms with Crippen LogP contribution in [0.5, 0.6) is 0 Å². The molecule has 1 aliphatic rings. The van der Waals surface area contributed by atoms with E-state index < -0.39 is 0 Å². The number of likely N-dealkylation sites (N-methyl/N-ethyl adjacent to an activating group) is 1. The average Bonchev–Trinajstić information content (AvgIpc) is 2.41. The number of aliphatic hydroxyl groups is 1. The molecule has 1 N–H and O–H groups in total. The van der Waals surface area contributed by atoms with Crippen LogP contribution in [0.25, 0.3) is 0 Å². The second-order valence-corrected chi connectivity index (χ2v) is 5.18. The van der Waals surface area contributed by atoms with Gasteiger partial charge in [0.25, 0.3) is 0 Å². The molecule has 3 nitrogen and oxygen atoms in total. The van der Waals surface area contributed by atoms with Gasteiger partial charge in [-0.1, -0.05) is 12.1 Å². The first-order chi connectivity index (χ1) is 8.79. The highest BCUT2D eigenvalue weighted by atomic mass is 16.3. The summed E-state index contributed by atoms with van der Waals surface area (Å²) in [6.45, 7) is 4.25. The number of hydrogen-bond donors (Lipinski definition) is 1. The number of rotatable bonds is 5. The highest BCUT2D eigenvalue weighted by molar-refractivity contribution is 5.47. The Kier molecular flexibility index (Phi) is 5.02. The van der Waals surface area contributed by atoms with Gasteiger partial charge in [0.15, 0.2) is 0 Å². The fourth-order valence-electron chi connectivity index (χ4n) is 2.53. The van der Waals surface area contributed by atoms with Crippen LogP contribution in [0.4, 0.5) is 5.69 Å². The monoisotopic (exact) mass is 248 g/mol. The Labute approximate surface area is 110 Å². The average molecular weight is 248 g/mol. The van der Waals surface area contributed by atoms with Crippen molar-refractivity contribution in [2.24, 2.45) is 0 Å². The molecular weight excluding hydrogens is 224 g/mol. The zero-order chi connectivity index (χ0) is 12.8. The van der Waals surface area contributed by atoms with Gasteiger partial charge in [-0.3, -0.25) is 4.90 Å². The van der Waals surface area contributed by atoms with Crippen molar-refractivity contribution in [3.8, 4) is 0 Å². The fraction of sp³-hybridized carbons (Fsp3) is 0.600. The lowest BCUT2D eigenvalue weighted by Crippen LogP contribution is -2.29. The normalized spacial score (nSPS) is 16.3. The van der Waals surface area contributed by atoms with Crippen molar-refractivity contribution in [2.45, 2.75) is 25.8 Å². The topological polar surface area (TPSA) is 26.7 Å². The van der Waals surface area contributed by atoms with Gasteiger partial charge in [0.1, 0.15) is 0 Å². The van der Waals surface area contributed by atoms with Crippen LogP contribution in [0.3, 0.4) is 0 Å². The maximum absolute atomic E-state index is 8.88. The highest BCUT2D eigenvalue weighted by Crippen LogP contribution is 2.20. The van der Waals surface area contributed by atoms with E-state index in [-0.39, 0.29) is 6.61 Å². The van der Waals surface area contributed by atoms with Crippen molar-refractivity contribution in [1.29, 1.82) is 0 Å². The van der Waals surface area contributed by atoms with Gasteiger partial charge in [-0.2, -0.15) is 0 Å². The van der Waals surface area contributed by atoms with Gasteiger partial charge >= 0.3 is 0 Å². The predicted molar refractivity (Wildman–Crippen MR) is 75.9 cm³/mol. The van der Waals surface area contributed by atoms with Crippen molar-refractivity contribution in [1.82, 2.24) is 4.90 Å². The smallest absolute Gasteiger partial charge is 0.0558 e. The van der Waals surface area contributed by atoms with Crippen molar-refractivity contribution < 1.29 is 5.11 Å². The molecule has 0 aromatic heterocycles. The molecule has 100 valence electrons. The van der Waals surface area contributed by atoms with E-state index in [0.29, 0.717) is 0 Å². The van der Waals surface area contributed by atoms with Gasteiger partial charge in [-0.05, 0) is 44.0 Å². The molecule has 0 amide bonds. The van der Waals surface area contributed by atoms with E-state index in [4.69, 9.17) is 5.11 Å². The quantitative estimate of drug-likeness (QED) is 0.864. The SMILES string of the molecule is CN(CCO)Cc1ccc(N2CCCCC2)cc1. The Balaban J connectivity index is 1.92. The van der Waals surface area contributed by atoms with E-state index >= 15 is 0 Å². The van der Waals surface area contributed by atoms with Gasteiger partial charge in [0, 0.05) is 31.9 Å². The molecule has 1 aromatic carbocycles. The van der Waals surface area contributed by atoms with Crippen LogP contribution < -0.4 is 4.90 Å². The van der Waals surface area contributed by atoms with Crippen LogP contribution in [-0.2, 0) is 6.54 Å². The Hall–Kier alpha value is -1.06. The van der Waals surface area contributed by atoms with Crippen molar-refractivity contribution in [2.75, 3.05) is 38.2 Å². The lowest BCUT2D eigenvalue weighted by Gasteiger charge is -2.29. The largest absolute Gasteiger partial charge is 0.395 e. The standard InChI is InChI=1S/C15H24N2O/c1-16(11-12-18)13-14-5-7-15(8-6-14)17-9-3-2-4-10-17/h5-8,18H,2-4,9-13H2,1H3. The zero-order valence-electron chi connectivity index (χ0n) is 11.3. The number of nitrogens with zero attached hydrogens (tertiary/aromatic N) is 2. The number of benzene rings is 1. The van der Waals surface area contributed by atoms with Crippen LogP contribution >= 0.6 is 0 Å². The van der Waals surface area contributed by atoms with E-state index in [1.807, 2.05) is 7.05 Å². The van der Waals surface area contributed by atoms with Crippen LogP contribution in [0.1, 0.15) is 24.8 Å². The Morgan fingerprint density at radius 1 is 1.11 bits per heavy atom. The molecule has 0 bridgehead atoms. The van der Waals surface area contributed by atoms with Crippen LogP contribution in [0, 0.1) is 0 Å². The van der Waals surface area contributed by atoms with Crippen molar-refractivity contribution in [3.63, 3.8) is 0 Å². The molecule has 2 rings (SSSR count). The van der Waals surface area contributed by atoms with Crippen LogP contribution in [0.2, 0.25) is 0 Å². The summed E-state index contributed by atoms with van der Waals surface area (Å²) in [4.78, 5) is 4.61. The molecule has 3 heteroatoms. The Morgan fingerprint density at radius 3 is 2.39 bits per heavy atom. The highest BCUT2D eigenvalue weighted by Gasteiger charge is 2.10. The van der Waals surface area contributed by atoms with Gasteiger partial charge < -0.3 is 10.0 Å². The molecule has 1 saturated heterocycles. The minimum Gasteiger partial charge on any atom is -0.395 e. The summed E-state index contributed by atoms with van der Waals surface area (Å²) in [7, 11) is 2.04. The zero-order valence-corrected chi connectivity index (χ0v) is 11.3. The summed E-state index contributed by atoms with van der Waals surface area (Å²) in [6, 6.07) is 8.87. The van der Waals surface area contributed by atoms with Crippen molar-refractivity contribution in [3.05, 3.63) is 29.8 Å². The molecular formula is C15H24N2O. The lowest BCUT2D eigenvalue weighted by molar-refractivity contribution is 0.217. The summed E-state index contributed by atoms with van der Waals surface area (Å²) in [5, 5.41) is 8.88. The third-order valence-corrected chi connectivity index (χ3v) is 3.59. The first-order valence-electron chi connectivity index (χ1n) is 6.93. The molecule has 1 aromatic rings. The van der Waals surface area contributed by atoms with E-state index in [1.165, 1.54) is 43.6 Å². The van der Waals surface area contributed by atoms with E-state index in [2.05, 4.69) is 34.1 Å². The van der Waals surface area contributed by atoms with Crippen LogP contribution in [0.15, 0.2) is 24.3 Å². The molecule has 0 spiro atoms. The third-order valence-electron chi connectivity index (χ3n) is 3.59. The molecule has 0 atom stereocenters. The van der Waals surface area contributed by atoms with Gasteiger partial charge in [0.2, 0.25) is 0 Å². The lowest BCUT2D eigenvalue weighted by atomic mass is 10.1. The Morgan fingerprint density at radius 2 is 1.78 bits per heavy atom. The maximum Gasteiger partial charge on any atom is 0.0558 e. The van der Waals surface area contributed by atoms with Gasteiger partial charge in [0.05, 0.1) is 6.61 Å². The molecule has 1 aliphatic heterocycles. The number of anilines is 1. The first kappa shape index (κ1) is 13.4. The van der Waals surface area contributed by atoms with Crippen molar-refractivity contribution >= 4 is 5.69 Å². The third kappa shape index (κ3) is 3.72. The summed E-state index contributed by atoms with van der Waals surface area (Å²) >= 11 is 0. The Bertz CT molecular complexity index is 344. The fourth-order valence-corrected chi connectivity index (χ4v) is 2.53. The summed E-state index contributed by atoms with van der Waals surface area (Å²) in [5.41, 5.74) is 2.66. The number of hydrogen-bond acceptors (Lipinski definition) is 3. The maximum atomic E-state index is 8.88. The number of aliphatic hydroxyl groups excluding tert-OH is 1. The predicted octanol–water partition coefficient (Wildman–Crippen LogP) is 2.10. The minimum absolute atomic E-state index is 0.225. The summed E-state index contributed by atoms with van der Waals surface area (Å²) in [5.74, 6) is 0. The first-order valence-corrected chi connectivity index (χ1v) is 6.93. The molecule has 1 fully saturated rings. The van der Waals surface area contributed by atoms with E-state index in [1.54, 1.807) is 0 Å². The number of piperidine rings is 1. The van der Waals surface area contributed by atoms with E-state index in [0.717, 1.165) is 13.1 Å². The second-order valence-electron chi connectivity index (χ2n) is 5.18. The molecule has 1 heterocycles. The molecule has 0 aliphatic carbocycles. The summed E-state index contributed by atoms with van der Waals surface area (Å²) < 4.78 is 0. The summed E-state index contributed by atoms with van der Waals surface area (Å²) in [6.07, 6.45) is 4.02. The van der Waals surface area contributed by atoms with Gasteiger partial charge in [-0.25, -0.2) is 0 Å². The van der Waals surface area contributed by atoms with Gasteiger partial charge in [-0.15, -0.1) is 0 Å².